The van der Waals surface area contributed by atoms with Gasteiger partial charge in [-0.15, -0.1) is 0 Å². The molecule has 60 valence electrons. The summed E-state index contributed by atoms with van der Waals surface area (Å²) in [6, 6.07) is 0. The number of nitrogens with zero attached hydrogens (tertiary/aromatic N) is 2. The van der Waals surface area contributed by atoms with E-state index in [1.165, 1.54) is 12.4 Å². The first-order valence-corrected chi connectivity index (χ1v) is 4.85. The number of hydrogen-bond donors (Lipinski definition) is 1. The zero-order chi connectivity index (χ0) is 8.48. The Balaban J connectivity index is 3.37. The van der Waals surface area contributed by atoms with E-state index in [1.807, 2.05) is 0 Å². The summed E-state index contributed by atoms with van der Waals surface area (Å²) >= 11 is 2.90. The largest absolute Gasteiger partial charge is 0.258 e. The van der Waals surface area contributed by atoms with Crippen molar-refractivity contribution in [3.8, 4) is 0 Å². The minimum Gasteiger partial charge on any atom is -0.245 e. The predicted molar refractivity (Wildman–Crippen MR) is 41.1 cm³/mol. The van der Waals surface area contributed by atoms with E-state index in [9.17, 15) is 8.42 Å². The highest BCUT2D eigenvalue weighted by molar-refractivity contribution is 9.10. The Morgan fingerprint density at radius 2 is 1.91 bits per heavy atom. The van der Waals surface area contributed by atoms with E-state index in [0.29, 0.717) is 0 Å². The van der Waals surface area contributed by atoms with E-state index in [0.717, 1.165) is 0 Å². The number of nitrogens with two attached hydrogens (primary N) is 1. The van der Waals surface area contributed by atoms with Crippen molar-refractivity contribution in [1.82, 2.24) is 9.97 Å². The van der Waals surface area contributed by atoms with Gasteiger partial charge >= 0.3 is 0 Å². The number of hydrogen-bond acceptors (Lipinski definition) is 4. The van der Waals surface area contributed by atoms with Crippen LogP contribution in [0.15, 0.2) is 22.0 Å². The standard InChI is InChI=1S/C4H4BrN3O2S/c5-3-4(11(6,9)10)8-2-1-7-3/h1-2H,(H2,6,9,10). The first-order valence-electron chi connectivity index (χ1n) is 2.51. The Morgan fingerprint density at radius 3 is 2.27 bits per heavy atom. The summed E-state index contributed by atoms with van der Waals surface area (Å²) in [5, 5.41) is 4.55. The fourth-order valence-electron chi connectivity index (χ4n) is 0.499. The van der Waals surface area contributed by atoms with Crippen LogP contribution in [0.1, 0.15) is 0 Å². The second kappa shape index (κ2) is 2.84. The molecule has 0 amide bonds. The molecule has 0 bridgehead atoms. The molecule has 0 aliphatic heterocycles. The second-order valence-electron chi connectivity index (χ2n) is 1.70. The number of halogens is 1. The average Bonchev–Trinajstić information content (AvgIpc) is 1.86. The van der Waals surface area contributed by atoms with Crippen molar-refractivity contribution in [3.63, 3.8) is 0 Å². The molecule has 1 aromatic rings. The number of sulfonamides is 1. The molecule has 0 fully saturated rings. The smallest absolute Gasteiger partial charge is 0.245 e. The van der Waals surface area contributed by atoms with Crippen molar-refractivity contribution in [3.05, 3.63) is 17.0 Å². The molecular weight excluding hydrogens is 234 g/mol. The predicted octanol–water partition coefficient (Wildman–Crippen LogP) is -0.113. The molecular formula is C4H4BrN3O2S. The molecule has 5 nitrogen and oxygen atoms in total. The van der Waals surface area contributed by atoms with Gasteiger partial charge in [-0.25, -0.2) is 23.5 Å². The Kier molecular flexibility index (Phi) is 2.21. The van der Waals surface area contributed by atoms with Crippen molar-refractivity contribution >= 4 is 26.0 Å². The lowest BCUT2D eigenvalue weighted by atomic mass is 10.8. The van der Waals surface area contributed by atoms with Crippen molar-refractivity contribution in [2.45, 2.75) is 5.03 Å². The summed E-state index contributed by atoms with van der Waals surface area (Å²) in [5.41, 5.74) is 0. The monoisotopic (exact) mass is 237 g/mol. The molecule has 0 spiro atoms. The summed E-state index contributed by atoms with van der Waals surface area (Å²) in [4.78, 5) is 7.17. The van der Waals surface area contributed by atoms with Crippen LogP contribution >= 0.6 is 15.9 Å². The summed E-state index contributed by atoms with van der Waals surface area (Å²) in [7, 11) is -3.75. The lowest BCUT2D eigenvalue weighted by Crippen LogP contribution is -2.14. The maximum atomic E-state index is 10.7. The molecule has 11 heavy (non-hydrogen) atoms. The highest BCUT2D eigenvalue weighted by Crippen LogP contribution is 2.12. The molecule has 0 saturated carbocycles. The third kappa shape index (κ3) is 1.95. The van der Waals surface area contributed by atoms with E-state index in [1.54, 1.807) is 0 Å². The Bertz CT molecular complexity index is 363. The molecule has 2 N–H and O–H groups in total. The summed E-state index contributed by atoms with van der Waals surface area (Å²) in [6.45, 7) is 0. The quantitative estimate of drug-likeness (QED) is 0.739. The van der Waals surface area contributed by atoms with E-state index < -0.39 is 10.0 Å². The molecule has 1 rings (SSSR count). The van der Waals surface area contributed by atoms with E-state index >= 15 is 0 Å². The summed E-state index contributed by atoms with van der Waals surface area (Å²) in [6.07, 6.45) is 2.61. The molecule has 7 heteroatoms. The molecule has 1 aromatic heterocycles. The molecule has 0 aliphatic rings. The number of rotatable bonds is 1. The maximum Gasteiger partial charge on any atom is 0.258 e. The van der Waals surface area contributed by atoms with Gasteiger partial charge in [0.05, 0.1) is 0 Å². The summed E-state index contributed by atoms with van der Waals surface area (Å²) < 4.78 is 21.5. The molecule has 0 aliphatic carbocycles. The Hall–Kier alpha value is -0.530. The number of aromatic nitrogens is 2. The fraction of sp³-hybridized carbons (Fsp3) is 0. The van der Waals surface area contributed by atoms with Crippen LogP contribution in [0, 0.1) is 0 Å². The van der Waals surface area contributed by atoms with E-state index in [4.69, 9.17) is 5.14 Å². The Morgan fingerprint density at radius 1 is 1.36 bits per heavy atom. The topological polar surface area (TPSA) is 85.9 Å². The van der Waals surface area contributed by atoms with Gasteiger partial charge in [-0.2, -0.15) is 0 Å². The highest BCUT2D eigenvalue weighted by atomic mass is 79.9. The van der Waals surface area contributed by atoms with Crippen LogP contribution in [-0.2, 0) is 10.0 Å². The van der Waals surface area contributed by atoms with Crippen molar-refractivity contribution in [2.75, 3.05) is 0 Å². The zero-order valence-corrected chi connectivity index (χ0v) is 7.63. The zero-order valence-electron chi connectivity index (χ0n) is 5.23. The van der Waals surface area contributed by atoms with Crippen LogP contribution in [0.25, 0.3) is 0 Å². The van der Waals surface area contributed by atoms with Crippen LogP contribution in [0.2, 0.25) is 0 Å². The molecule has 0 unspecified atom stereocenters. The second-order valence-corrected chi connectivity index (χ2v) is 3.93. The van der Waals surface area contributed by atoms with Gasteiger partial charge in [-0.3, -0.25) is 0 Å². The third-order valence-corrected chi connectivity index (χ3v) is 2.57. The van der Waals surface area contributed by atoms with E-state index in [-0.39, 0.29) is 9.63 Å². The van der Waals surface area contributed by atoms with Crippen molar-refractivity contribution in [1.29, 1.82) is 0 Å². The minimum absolute atomic E-state index is 0.127. The highest BCUT2D eigenvalue weighted by Gasteiger charge is 2.13. The lowest BCUT2D eigenvalue weighted by molar-refractivity contribution is 0.592. The maximum absolute atomic E-state index is 10.7. The Labute approximate surface area is 71.8 Å². The van der Waals surface area contributed by atoms with Gasteiger partial charge in [0.25, 0.3) is 10.0 Å². The first-order chi connectivity index (χ1) is 5.02. The van der Waals surface area contributed by atoms with Crippen LogP contribution in [0.5, 0.6) is 0 Å². The third-order valence-electron chi connectivity index (χ3n) is 0.892. The summed E-state index contributed by atoms with van der Waals surface area (Å²) in [5.74, 6) is 0. The van der Waals surface area contributed by atoms with Crippen LogP contribution in [-0.4, -0.2) is 18.4 Å². The van der Waals surface area contributed by atoms with Gasteiger partial charge in [0, 0.05) is 12.4 Å². The number of primary sulfonamides is 1. The van der Waals surface area contributed by atoms with Gasteiger partial charge in [0.15, 0.2) is 0 Å². The van der Waals surface area contributed by atoms with Gasteiger partial charge in [0.1, 0.15) is 4.60 Å². The average molecular weight is 238 g/mol. The van der Waals surface area contributed by atoms with Gasteiger partial charge in [-0.05, 0) is 15.9 Å². The fourth-order valence-corrected chi connectivity index (χ4v) is 1.89. The molecule has 1 heterocycles. The van der Waals surface area contributed by atoms with Gasteiger partial charge < -0.3 is 0 Å². The van der Waals surface area contributed by atoms with Crippen molar-refractivity contribution in [2.24, 2.45) is 5.14 Å². The van der Waals surface area contributed by atoms with Crippen LogP contribution in [0.4, 0.5) is 0 Å². The molecule has 0 radical (unpaired) electrons. The van der Waals surface area contributed by atoms with Crippen LogP contribution in [0.3, 0.4) is 0 Å². The van der Waals surface area contributed by atoms with Gasteiger partial charge in [-0.1, -0.05) is 0 Å². The minimum atomic E-state index is -3.75. The van der Waals surface area contributed by atoms with E-state index in [2.05, 4.69) is 25.9 Å². The molecule has 0 atom stereocenters. The normalized spacial score (nSPS) is 11.5. The van der Waals surface area contributed by atoms with Gasteiger partial charge in [0.2, 0.25) is 5.03 Å². The SMILES string of the molecule is NS(=O)(=O)c1nccnc1Br. The van der Waals surface area contributed by atoms with Crippen molar-refractivity contribution < 1.29 is 8.42 Å². The molecule has 0 aromatic carbocycles. The lowest BCUT2D eigenvalue weighted by Gasteiger charge is -1.96. The van der Waals surface area contributed by atoms with Crippen LogP contribution < -0.4 is 5.14 Å². The molecule has 0 saturated heterocycles. The first kappa shape index (κ1) is 8.57.